The van der Waals surface area contributed by atoms with Gasteiger partial charge in [0.1, 0.15) is 11.6 Å². The van der Waals surface area contributed by atoms with Crippen molar-refractivity contribution < 1.29 is 24.1 Å². The fourth-order valence-corrected chi connectivity index (χ4v) is 5.61. The third-order valence-electron chi connectivity index (χ3n) is 7.12. The Balaban J connectivity index is 1.76. The second-order valence-electron chi connectivity index (χ2n) is 9.29. The van der Waals surface area contributed by atoms with Crippen molar-refractivity contribution in [3.63, 3.8) is 0 Å². The number of rotatable bonds is 4. The summed E-state index contributed by atoms with van der Waals surface area (Å²) in [6.07, 6.45) is 2.76. The van der Waals surface area contributed by atoms with Gasteiger partial charge in [-0.25, -0.2) is 4.39 Å². The van der Waals surface area contributed by atoms with Gasteiger partial charge in [-0.1, -0.05) is 11.6 Å². The predicted octanol–water partition coefficient (Wildman–Crippen LogP) is 5.99. The van der Waals surface area contributed by atoms with Crippen LogP contribution >= 0.6 is 11.6 Å². The average molecular weight is 458 g/mol. The van der Waals surface area contributed by atoms with Crippen molar-refractivity contribution >= 4 is 28.5 Å². The highest BCUT2D eigenvalue weighted by Crippen LogP contribution is 2.55. The van der Waals surface area contributed by atoms with Gasteiger partial charge in [-0.15, -0.1) is 0 Å². The fourth-order valence-electron chi connectivity index (χ4n) is 5.43. The molecule has 0 bridgehead atoms. The molecule has 2 heterocycles. The number of carboxylic acids is 1. The Morgan fingerprint density at radius 2 is 1.88 bits per heavy atom. The summed E-state index contributed by atoms with van der Waals surface area (Å²) < 4.78 is 21.7. The van der Waals surface area contributed by atoms with Crippen LogP contribution in [0.15, 0.2) is 36.4 Å². The Bertz CT molecular complexity index is 1210. The van der Waals surface area contributed by atoms with Crippen molar-refractivity contribution in [2.24, 2.45) is 5.41 Å². The Kier molecular flexibility index (Phi) is 5.18. The summed E-state index contributed by atoms with van der Waals surface area (Å²) in [5.74, 6) is -0.831. The lowest BCUT2D eigenvalue weighted by atomic mass is 9.60. The van der Waals surface area contributed by atoms with Gasteiger partial charge >= 0.3 is 5.97 Å². The fraction of sp³-hybridized carbons (Fsp3) is 0.400. The molecule has 0 amide bonds. The van der Waals surface area contributed by atoms with E-state index < -0.39 is 17.2 Å². The summed E-state index contributed by atoms with van der Waals surface area (Å²) in [4.78, 5) is 11.8. The van der Waals surface area contributed by atoms with E-state index in [2.05, 4.69) is 4.57 Å². The number of aromatic hydroxyl groups is 1. The Morgan fingerprint density at radius 3 is 2.53 bits per heavy atom. The van der Waals surface area contributed by atoms with Gasteiger partial charge in [0.25, 0.3) is 0 Å². The third-order valence-corrected chi connectivity index (χ3v) is 7.41. The number of aliphatic carboxylic acids is 1. The van der Waals surface area contributed by atoms with Gasteiger partial charge in [0.15, 0.2) is 0 Å². The average Bonchev–Trinajstić information content (AvgIpc) is 3.07. The summed E-state index contributed by atoms with van der Waals surface area (Å²) in [5.41, 5.74) is 3.07. The highest BCUT2D eigenvalue weighted by atomic mass is 35.5. The van der Waals surface area contributed by atoms with E-state index in [9.17, 15) is 19.4 Å². The molecule has 2 aromatic carbocycles. The summed E-state index contributed by atoms with van der Waals surface area (Å²) in [7, 11) is 0. The minimum Gasteiger partial charge on any atom is -0.508 e. The van der Waals surface area contributed by atoms with Crippen LogP contribution in [-0.4, -0.2) is 34.0 Å². The smallest absolute Gasteiger partial charge is 0.309 e. The maximum atomic E-state index is 13.9. The quantitative estimate of drug-likeness (QED) is 0.504. The molecule has 0 unspecified atom stereocenters. The first-order valence-corrected chi connectivity index (χ1v) is 11.3. The maximum absolute atomic E-state index is 13.9. The second kappa shape index (κ2) is 7.78. The number of fused-ring (bicyclic) bond motifs is 1. The first kappa shape index (κ1) is 21.3. The van der Waals surface area contributed by atoms with E-state index in [1.807, 2.05) is 6.07 Å². The SMILES string of the molecule is C[C@]1(C(=O)O)C[C@H](c2c(C3CCOCC3)n(-c3ccc(F)c(Cl)c3)c3ccc(O)cc32)C1. The van der Waals surface area contributed by atoms with E-state index in [0.717, 1.165) is 40.7 Å². The molecule has 7 heteroatoms. The first-order valence-electron chi connectivity index (χ1n) is 10.9. The predicted molar refractivity (Wildman–Crippen MR) is 120 cm³/mol. The Morgan fingerprint density at radius 1 is 1.16 bits per heavy atom. The van der Waals surface area contributed by atoms with Gasteiger partial charge in [0, 0.05) is 35.9 Å². The molecule has 1 aliphatic carbocycles. The van der Waals surface area contributed by atoms with E-state index in [-0.39, 0.29) is 22.6 Å². The molecule has 1 aromatic heterocycles. The molecule has 3 aromatic rings. The largest absolute Gasteiger partial charge is 0.508 e. The number of phenols is 1. The molecule has 5 rings (SSSR count). The van der Waals surface area contributed by atoms with Crippen LogP contribution < -0.4 is 0 Å². The van der Waals surface area contributed by atoms with Crippen molar-refractivity contribution in [1.82, 2.24) is 4.57 Å². The van der Waals surface area contributed by atoms with Crippen molar-refractivity contribution in [2.45, 2.75) is 44.4 Å². The summed E-state index contributed by atoms with van der Waals surface area (Å²) in [6, 6.07) is 9.96. The molecule has 0 radical (unpaired) electrons. The van der Waals surface area contributed by atoms with Crippen LogP contribution in [-0.2, 0) is 9.53 Å². The number of carbonyl (C=O) groups is 1. The summed E-state index contributed by atoms with van der Waals surface area (Å²) in [5, 5.41) is 20.9. The van der Waals surface area contributed by atoms with Gasteiger partial charge in [-0.05, 0) is 80.5 Å². The van der Waals surface area contributed by atoms with Crippen LogP contribution in [0.5, 0.6) is 5.75 Å². The standard InChI is InChI=1S/C25H25ClFNO4/c1-25(24(30)31)12-15(13-25)22-18-11-17(29)3-5-21(18)28(16-2-4-20(27)19(26)10-16)23(22)14-6-8-32-9-7-14/h2-5,10-11,14-15,29H,6-9,12-13H2,1H3,(H,30,31)/t15-,25-. The normalized spacial score (nSPS) is 23.9. The highest BCUT2D eigenvalue weighted by molar-refractivity contribution is 6.30. The van der Waals surface area contributed by atoms with Gasteiger partial charge in [-0.2, -0.15) is 0 Å². The summed E-state index contributed by atoms with van der Waals surface area (Å²) in [6.45, 7) is 3.09. The minimum absolute atomic E-state index is 0.0460. The lowest BCUT2D eigenvalue weighted by Crippen LogP contribution is -2.40. The number of hydrogen-bond donors (Lipinski definition) is 2. The number of carboxylic acid groups (broad SMARTS) is 1. The van der Waals surface area contributed by atoms with Crippen LogP contribution in [0.4, 0.5) is 4.39 Å². The molecule has 2 aliphatic rings. The molecule has 2 N–H and O–H groups in total. The van der Waals surface area contributed by atoms with Gasteiger partial charge in [0.05, 0.1) is 16.0 Å². The topological polar surface area (TPSA) is 71.7 Å². The zero-order chi connectivity index (χ0) is 22.6. The molecule has 1 saturated carbocycles. The molecule has 1 aliphatic heterocycles. The number of phenolic OH excluding ortho intramolecular Hbond substituents is 1. The zero-order valence-corrected chi connectivity index (χ0v) is 18.5. The van der Waals surface area contributed by atoms with Gasteiger partial charge in [-0.3, -0.25) is 4.79 Å². The lowest BCUT2D eigenvalue weighted by Gasteiger charge is -2.43. The molecule has 0 spiro atoms. The number of aromatic nitrogens is 1. The lowest BCUT2D eigenvalue weighted by molar-refractivity contribution is -0.154. The van der Waals surface area contributed by atoms with Crippen molar-refractivity contribution in [3.05, 3.63) is 58.5 Å². The van der Waals surface area contributed by atoms with E-state index >= 15 is 0 Å². The van der Waals surface area contributed by atoms with Crippen LogP contribution in [0, 0.1) is 11.2 Å². The van der Waals surface area contributed by atoms with E-state index in [1.54, 1.807) is 31.2 Å². The maximum Gasteiger partial charge on any atom is 0.309 e. The number of hydrogen-bond acceptors (Lipinski definition) is 3. The van der Waals surface area contributed by atoms with Crippen molar-refractivity contribution in [3.8, 4) is 11.4 Å². The van der Waals surface area contributed by atoms with Crippen molar-refractivity contribution in [1.29, 1.82) is 0 Å². The first-order chi connectivity index (χ1) is 15.3. The molecule has 168 valence electrons. The van der Waals surface area contributed by atoms with E-state index in [0.29, 0.717) is 26.1 Å². The second-order valence-corrected chi connectivity index (χ2v) is 9.70. The van der Waals surface area contributed by atoms with Crippen LogP contribution in [0.3, 0.4) is 0 Å². The van der Waals surface area contributed by atoms with Crippen LogP contribution in [0.25, 0.3) is 16.6 Å². The molecule has 0 atom stereocenters. The molecule has 1 saturated heterocycles. The number of nitrogens with zero attached hydrogens (tertiary/aromatic N) is 1. The zero-order valence-electron chi connectivity index (χ0n) is 17.8. The molecule has 32 heavy (non-hydrogen) atoms. The minimum atomic E-state index is -0.779. The third kappa shape index (κ3) is 3.37. The monoisotopic (exact) mass is 457 g/mol. The highest BCUT2D eigenvalue weighted by Gasteiger charge is 2.49. The van der Waals surface area contributed by atoms with Crippen LogP contribution in [0.2, 0.25) is 5.02 Å². The summed E-state index contributed by atoms with van der Waals surface area (Å²) >= 11 is 6.14. The van der Waals surface area contributed by atoms with Crippen molar-refractivity contribution in [2.75, 3.05) is 13.2 Å². The molecular weight excluding hydrogens is 433 g/mol. The molecule has 2 fully saturated rings. The number of ether oxygens (including phenoxy) is 1. The Hall–Kier alpha value is -2.57. The molecule has 5 nitrogen and oxygen atoms in total. The molecular formula is C25H25ClFNO4. The van der Waals surface area contributed by atoms with Gasteiger partial charge in [0.2, 0.25) is 0 Å². The number of halogens is 2. The number of benzene rings is 2. The van der Waals surface area contributed by atoms with Gasteiger partial charge < -0.3 is 19.5 Å². The van der Waals surface area contributed by atoms with E-state index in [4.69, 9.17) is 16.3 Å². The Labute approximate surface area is 190 Å². The van der Waals surface area contributed by atoms with E-state index in [1.165, 1.54) is 6.07 Å². The van der Waals surface area contributed by atoms with Crippen LogP contribution in [0.1, 0.15) is 55.7 Å².